The first-order chi connectivity index (χ1) is 7.79. The molecule has 2 rings (SSSR count). The molecular weight excluding hydrogens is 222 g/mol. The summed E-state index contributed by atoms with van der Waals surface area (Å²) in [5.74, 6) is 1.86. The highest BCUT2D eigenvalue weighted by Crippen LogP contribution is 2.35. The molecule has 0 radical (unpaired) electrons. The molecule has 1 aliphatic rings. The Labute approximate surface area is 102 Å². The molecule has 1 aliphatic carbocycles. The first-order valence-electron chi connectivity index (χ1n) is 6.28. The fourth-order valence-electron chi connectivity index (χ4n) is 2.20. The van der Waals surface area contributed by atoms with Gasteiger partial charge < -0.3 is 9.73 Å². The van der Waals surface area contributed by atoms with Gasteiger partial charge in [-0.25, -0.2) is 0 Å². The highest BCUT2D eigenvalue weighted by molar-refractivity contribution is 6.28. The predicted molar refractivity (Wildman–Crippen MR) is 66.7 cm³/mol. The van der Waals surface area contributed by atoms with Crippen molar-refractivity contribution >= 4 is 11.6 Å². The molecule has 3 heteroatoms. The fourth-order valence-corrected chi connectivity index (χ4v) is 2.35. The molecule has 1 N–H and O–H groups in total. The molecule has 1 saturated carbocycles. The van der Waals surface area contributed by atoms with Crippen LogP contribution in [-0.2, 0) is 0 Å². The summed E-state index contributed by atoms with van der Waals surface area (Å²) in [5, 5.41) is 4.04. The molecule has 0 spiro atoms. The summed E-state index contributed by atoms with van der Waals surface area (Å²) in [6, 6.07) is 4.17. The van der Waals surface area contributed by atoms with Crippen LogP contribution in [0.1, 0.15) is 50.8 Å². The molecule has 1 aromatic rings. The third kappa shape index (κ3) is 3.02. The van der Waals surface area contributed by atoms with Gasteiger partial charge in [0.2, 0.25) is 0 Å². The van der Waals surface area contributed by atoms with E-state index in [4.69, 9.17) is 16.0 Å². The summed E-state index contributed by atoms with van der Waals surface area (Å²) >= 11 is 5.83. The first kappa shape index (κ1) is 12.0. The van der Waals surface area contributed by atoms with E-state index in [9.17, 15) is 0 Å². The monoisotopic (exact) mass is 241 g/mol. The van der Waals surface area contributed by atoms with E-state index in [1.54, 1.807) is 0 Å². The van der Waals surface area contributed by atoms with Gasteiger partial charge in [0.1, 0.15) is 5.76 Å². The second-order valence-electron chi connectivity index (χ2n) is 4.68. The van der Waals surface area contributed by atoms with E-state index in [0.29, 0.717) is 11.3 Å². The summed E-state index contributed by atoms with van der Waals surface area (Å²) in [6.07, 6.45) is 6.47. The molecule has 16 heavy (non-hydrogen) atoms. The van der Waals surface area contributed by atoms with Gasteiger partial charge in [-0.2, -0.15) is 0 Å². The molecule has 1 unspecified atom stereocenters. The maximum Gasteiger partial charge on any atom is 0.193 e. The van der Waals surface area contributed by atoms with Gasteiger partial charge in [-0.3, -0.25) is 0 Å². The summed E-state index contributed by atoms with van der Waals surface area (Å²) in [5.41, 5.74) is 0. The topological polar surface area (TPSA) is 25.2 Å². The van der Waals surface area contributed by atoms with Gasteiger partial charge >= 0.3 is 0 Å². The average molecular weight is 242 g/mol. The normalized spacial score (nSPS) is 18.4. The van der Waals surface area contributed by atoms with Crippen molar-refractivity contribution in [3.63, 3.8) is 0 Å². The lowest BCUT2D eigenvalue weighted by Gasteiger charge is -2.29. The maximum atomic E-state index is 5.83. The van der Waals surface area contributed by atoms with Crippen molar-refractivity contribution in [1.82, 2.24) is 5.32 Å². The van der Waals surface area contributed by atoms with E-state index in [1.807, 2.05) is 12.1 Å². The van der Waals surface area contributed by atoms with E-state index < -0.39 is 0 Å². The number of furan rings is 1. The summed E-state index contributed by atoms with van der Waals surface area (Å²) in [7, 11) is 0. The molecule has 0 saturated heterocycles. The lowest BCUT2D eigenvalue weighted by atomic mass is 9.80. The van der Waals surface area contributed by atoms with Crippen LogP contribution in [0, 0.1) is 5.92 Å². The number of rotatable bonds is 6. The van der Waals surface area contributed by atoms with Gasteiger partial charge in [-0.15, -0.1) is 0 Å². The number of halogens is 1. The average Bonchev–Trinajstić information content (AvgIpc) is 2.62. The molecule has 1 aromatic heterocycles. The minimum atomic E-state index is 0.345. The smallest absolute Gasteiger partial charge is 0.193 e. The Morgan fingerprint density at radius 1 is 1.50 bits per heavy atom. The summed E-state index contributed by atoms with van der Waals surface area (Å²) < 4.78 is 5.52. The molecule has 0 aromatic carbocycles. The Kier molecular flexibility index (Phi) is 4.30. The quantitative estimate of drug-likeness (QED) is 0.809. The molecule has 90 valence electrons. The number of hydrogen-bond donors (Lipinski definition) is 1. The van der Waals surface area contributed by atoms with Crippen LogP contribution in [-0.4, -0.2) is 6.54 Å². The van der Waals surface area contributed by atoms with Crippen LogP contribution >= 0.6 is 11.6 Å². The zero-order valence-corrected chi connectivity index (χ0v) is 10.6. The Balaban J connectivity index is 1.95. The third-order valence-electron chi connectivity index (χ3n) is 3.37. The Hall–Kier alpha value is -0.470. The molecular formula is C13H20ClNO. The van der Waals surface area contributed by atoms with Crippen molar-refractivity contribution < 1.29 is 4.42 Å². The second kappa shape index (κ2) is 5.74. The van der Waals surface area contributed by atoms with E-state index in [0.717, 1.165) is 24.6 Å². The van der Waals surface area contributed by atoms with E-state index >= 15 is 0 Å². The molecule has 2 nitrogen and oxygen atoms in total. The van der Waals surface area contributed by atoms with Crippen molar-refractivity contribution in [1.29, 1.82) is 0 Å². The van der Waals surface area contributed by atoms with Gasteiger partial charge in [0.05, 0.1) is 6.04 Å². The van der Waals surface area contributed by atoms with Crippen molar-refractivity contribution in [2.75, 3.05) is 6.54 Å². The van der Waals surface area contributed by atoms with Crippen LogP contribution in [0.15, 0.2) is 16.5 Å². The van der Waals surface area contributed by atoms with Crippen LogP contribution in [0.4, 0.5) is 0 Å². The van der Waals surface area contributed by atoms with Gasteiger partial charge in [0, 0.05) is 0 Å². The Morgan fingerprint density at radius 3 is 2.81 bits per heavy atom. The minimum Gasteiger partial charge on any atom is -0.448 e. The van der Waals surface area contributed by atoms with E-state index in [2.05, 4.69) is 12.2 Å². The summed E-state index contributed by atoms with van der Waals surface area (Å²) in [4.78, 5) is 0. The molecule has 1 heterocycles. The van der Waals surface area contributed by atoms with Crippen LogP contribution in [0.25, 0.3) is 0 Å². The standard InChI is InChI=1S/C13H20ClNO/c1-2-8-15-11(9-10-4-3-5-10)12-6-7-13(14)16-12/h6-7,10-11,15H,2-5,8-9H2,1H3. The highest BCUT2D eigenvalue weighted by Gasteiger charge is 2.24. The molecule has 0 amide bonds. The predicted octanol–water partition coefficient (Wildman–Crippen LogP) is 4.16. The van der Waals surface area contributed by atoms with Crippen molar-refractivity contribution in [3.8, 4) is 0 Å². The number of nitrogens with one attached hydrogen (secondary N) is 1. The Morgan fingerprint density at radius 2 is 2.31 bits per heavy atom. The first-order valence-corrected chi connectivity index (χ1v) is 6.66. The van der Waals surface area contributed by atoms with Crippen molar-refractivity contribution in [3.05, 3.63) is 23.1 Å². The van der Waals surface area contributed by atoms with Gasteiger partial charge in [0.15, 0.2) is 5.22 Å². The minimum absolute atomic E-state index is 0.345. The lowest BCUT2D eigenvalue weighted by molar-refractivity contribution is 0.246. The molecule has 1 atom stereocenters. The number of hydrogen-bond acceptors (Lipinski definition) is 2. The van der Waals surface area contributed by atoms with Crippen LogP contribution in [0.2, 0.25) is 5.22 Å². The van der Waals surface area contributed by atoms with Crippen LogP contribution in [0.3, 0.4) is 0 Å². The van der Waals surface area contributed by atoms with E-state index in [-0.39, 0.29) is 0 Å². The molecule has 1 fully saturated rings. The highest BCUT2D eigenvalue weighted by atomic mass is 35.5. The fraction of sp³-hybridized carbons (Fsp3) is 0.692. The van der Waals surface area contributed by atoms with Gasteiger partial charge in [-0.05, 0) is 49.0 Å². The SMILES string of the molecule is CCCNC(CC1CCC1)c1ccc(Cl)o1. The Bertz CT molecular complexity index is 319. The van der Waals surface area contributed by atoms with Crippen LogP contribution in [0.5, 0.6) is 0 Å². The maximum absolute atomic E-state index is 5.83. The van der Waals surface area contributed by atoms with Gasteiger partial charge in [-0.1, -0.05) is 26.2 Å². The molecule has 0 aliphatic heterocycles. The summed E-state index contributed by atoms with van der Waals surface area (Å²) in [6.45, 7) is 3.22. The lowest BCUT2D eigenvalue weighted by Crippen LogP contribution is -2.26. The zero-order chi connectivity index (χ0) is 11.4. The van der Waals surface area contributed by atoms with Crippen LogP contribution < -0.4 is 5.32 Å². The van der Waals surface area contributed by atoms with Crippen molar-refractivity contribution in [2.24, 2.45) is 5.92 Å². The third-order valence-corrected chi connectivity index (χ3v) is 3.58. The van der Waals surface area contributed by atoms with Crippen molar-refractivity contribution in [2.45, 2.75) is 45.1 Å². The largest absolute Gasteiger partial charge is 0.448 e. The second-order valence-corrected chi connectivity index (χ2v) is 5.05. The molecule has 0 bridgehead atoms. The van der Waals surface area contributed by atoms with Gasteiger partial charge in [0.25, 0.3) is 0 Å². The zero-order valence-electron chi connectivity index (χ0n) is 9.84. The van der Waals surface area contributed by atoms with E-state index in [1.165, 1.54) is 25.7 Å².